The molecule has 0 radical (unpaired) electrons. The van der Waals surface area contributed by atoms with Crippen molar-refractivity contribution in [1.82, 2.24) is 9.99 Å². The molecular weight excluding hydrogens is 400 g/mol. The quantitative estimate of drug-likeness (QED) is 0.262. The Balaban J connectivity index is 1.59. The number of nitrogens with zero attached hydrogens (tertiary/aromatic N) is 3. The molecule has 3 aromatic rings. The van der Waals surface area contributed by atoms with E-state index in [1.807, 2.05) is 26.0 Å². The SMILES string of the molecule is Cc1cccc(-n2c(C)cc(/C=N\NC(=O)CSc3ccc([N+](=O)[O-])cc3)c2C)c1. The summed E-state index contributed by atoms with van der Waals surface area (Å²) in [4.78, 5) is 23.0. The second kappa shape index (κ2) is 9.41. The van der Waals surface area contributed by atoms with Crippen molar-refractivity contribution >= 4 is 29.6 Å². The number of nitro benzene ring substituents is 1. The Labute approximate surface area is 179 Å². The molecule has 154 valence electrons. The Bertz CT molecular complexity index is 1100. The number of aryl methyl sites for hydroxylation is 2. The summed E-state index contributed by atoms with van der Waals surface area (Å²) >= 11 is 1.29. The summed E-state index contributed by atoms with van der Waals surface area (Å²) in [6, 6.07) is 16.4. The van der Waals surface area contributed by atoms with Crippen LogP contribution in [0.25, 0.3) is 5.69 Å². The Morgan fingerprint density at radius 1 is 1.17 bits per heavy atom. The van der Waals surface area contributed by atoms with Crippen LogP contribution in [0.1, 0.15) is 22.5 Å². The number of rotatable bonds is 7. The molecule has 0 saturated carbocycles. The molecule has 0 spiro atoms. The van der Waals surface area contributed by atoms with E-state index in [0.717, 1.165) is 27.5 Å². The maximum atomic E-state index is 12.0. The van der Waals surface area contributed by atoms with E-state index >= 15 is 0 Å². The lowest BCUT2D eigenvalue weighted by atomic mass is 10.2. The molecule has 8 heteroatoms. The fourth-order valence-electron chi connectivity index (χ4n) is 3.10. The molecule has 1 N–H and O–H groups in total. The van der Waals surface area contributed by atoms with Crippen molar-refractivity contribution < 1.29 is 9.72 Å². The summed E-state index contributed by atoms with van der Waals surface area (Å²) in [5, 5.41) is 14.7. The van der Waals surface area contributed by atoms with E-state index in [2.05, 4.69) is 40.2 Å². The van der Waals surface area contributed by atoms with Gasteiger partial charge < -0.3 is 4.57 Å². The number of amides is 1. The predicted molar refractivity (Wildman–Crippen MR) is 120 cm³/mol. The third-order valence-corrected chi connectivity index (χ3v) is 5.55. The fraction of sp³-hybridized carbons (Fsp3) is 0.182. The zero-order valence-electron chi connectivity index (χ0n) is 17.0. The zero-order chi connectivity index (χ0) is 21.7. The highest BCUT2D eigenvalue weighted by atomic mass is 32.2. The van der Waals surface area contributed by atoms with Gasteiger partial charge in [-0.1, -0.05) is 12.1 Å². The lowest BCUT2D eigenvalue weighted by Crippen LogP contribution is -2.19. The van der Waals surface area contributed by atoms with Gasteiger partial charge in [0.15, 0.2) is 0 Å². The van der Waals surface area contributed by atoms with E-state index in [4.69, 9.17) is 0 Å². The molecule has 1 amide bonds. The van der Waals surface area contributed by atoms with Crippen molar-refractivity contribution in [3.05, 3.63) is 87.2 Å². The van der Waals surface area contributed by atoms with Crippen LogP contribution in [-0.4, -0.2) is 27.4 Å². The van der Waals surface area contributed by atoms with E-state index in [1.54, 1.807) is 18.3 Å². The number of hydrogen-bond acceptors (Lipinski definition) is 5. The molecular formula is C22H22N4O3S. The minimum atomic E-state index is -0.453. The summed E-state index contributed by atoms with van der Waals surface area (Å²) in [6.07, 6.45) is 1.64. The largest absolute Gasteiger partial charge is 0.318 e. The molecule has 0 fully saturated rings. The number of thioether (sulfide) groups is 1. The highest BCUT2D eigenvalue weighted by molar-refractivity contribution is 8.00. The number of nitro groups is 1. The minimum Gasteiger partial charge on any atom is -0.318 e. The molecule has 30 heavy (non-hydrogen) atoms. The molecule has 0 atom stereocenters. The van der Waals surface area contributed by atoms with Crippen molar-refractivity contribution in [2.45, 2.75) is 25.7 Å². The smallest absolute Gasteiger partial charge is 0.269 e. The number of carbonyl (C=O) groups is 1. The summed E-state index contributed by atoms with van der Waals surface area (Å²) in [6.45, 7) is 6.11. The Hall–Kier alpha value is -3.39. The van der Waals surface area contributed by atoms with Crippen molar-refractivity contribution in [3.63, 3.8) is 0 Å². The van der Waals surface area contributed by atoms with Gasteiger partial charge in [0, 0.05) is 39.7 Å². The van der Waals surface area contributed by atoms with E-state index in [1.165, 1.54) is 29.5 Å². The third-order valence-electron chi connectivity index (χ3n) is 4.54. The first-order valence-electron chi connectivity index (χ1n) is 9.30. The van der Waals surface area contributed by atoms with Crippen LogP contribution >= 0.6 is 11.8 Å². The van der Waals surface area contributed by atoms with E-state index in [-0.39, 0.29) is 17.3 Å². The molecule has 1 heterocycles. The van der Waals surface area contributed by atoms with E-state index < -0.39 is 4.92 Å². The van der Waals surface area contributed by atoms with Crippen LogP contribution in [0.4, 0.5) is 5.69 Å². The van der Waals surface area contributed by atoms with Gasteiger partial charge >= 0.3 is 0 Å². The number of benzene rings is 2. The average molecular weight is 423 g/mol. The second-order valence-electron chi connectivity index (χ2n) is 6.83. The van der Waals surface area contributed by atoms with Gasteiger partial charge in [-0.2, -0.15) is 5.10 Å². The molecule has 0 aliphatic heterocycles. The zero-order valence-corrected chi connectivity index (χ0v) is 17.8. The monoisotopic (exact) mass is 422 g/mol. The van der Waals surface area contributed by atoms with Crippen molar-refractivity contribution in [2.75, 3.05) is 5.75 Å². The molecule has 0 unspecified atom stereocenters. The number of non-ortho nitro benzene ring substituents is 1. The minimum absolute atomic E-state index is 0.0247. The molecule has 0 saturated heterocycles. The average Bonchev–Trinajstić information content (AvgIpc) is 3.00. The molecule has 2 aromatic carbocycles. The van der Waals surface area contributed by atoms with Crippen molar-refractivity contribution in [1.29, 1.82) is 0 Å². The standard InChI is InChI=1S/C22H22N4O3S/c1-15-5-4-6-20(11-15)25-16(2)12-18(17(25)3)13-23-24-22(27)14-30-21-9-7-19(8-10-21)26(28)29/h4-13H,14H2,1-3H3,(H,24,27)/b23-13-. The van der Waals surface area contributed by atoms with E-state index in [0.29, 0.717) is 0 Å². The topological polar surface area (TPSA) is 89.5 Å². The molecule has 7 nitrogen and oxygen atoms in total. The number of nitrogens with one attached hydrogen (secondary N) is 1. The van der Waals surface area contributed by atoms with Crippen LogP contribution in [0.2, 0.25) is 0 Å². The first kappa shape index (κ1) is 21.3. The maximum absolute atomic E-state index is 12.0. The lowest BCUT2D eigenvalue weighted by Gasteiger charge is -2.10. The number of hydrogen-bond donors (Lipinski definition) is 1. The van der Waals surface area contributed by atoms with Crippen LogP contribution in [0.5, 0.6) is 0 Å². The summed E-state index contributed by atoms with van der Waals surface area (Å²) in [7, 11) is 0. The lowest BCUT2D eigenvalue weighted by molar-refractivity contribution is -0.384. The van der Waals surface area contributed by atoms with Gasteiger partial charge in [-0.15, -0.1) is 11.8 Å². The summed E-state index contributed by atoms with van der Waals surface area (Å²) in [5.41, 5.74) is 7.88. The first-order chi connectivity index (χ1) is 14.3. The highest BCUT2D eigenvalue weighted by Gasteiger charge is 2.10. The highest BCUT2D eigenvalue weighted by Crippen LogP contribution is 2.22. The molecule has 1 aromatic heterocycles. The van der Waals surface area contributed by atoms with Gasteiger partial charge in [-0.3, -0.25) is 14.9 Å². The van der Waals surface area contributed by atoms with E-state index in [9.17, 15) is 14.9 Å². The molecule has 0 aliphatic rings. The Kier molecular flexibility index (Phi) is 6.68. The van der Waals surface area contributed by atoms with Crippen LogP contribution < -0.4 is 5.43 Å². The van der Waals surface area contributed by atoms with Crippen molar-refractivity contribution in [3.8, 4) is 5.69 Å². The summed E-state index contributed by atoms with van der Waals surface area (Å²) < 4.78 is 2.15. The maximum Gasteiger partial charge on any atom is 0.269 e. The van der Waals surface area contributed by atoms with Crippen LogP contribution in [0, 0.1) is 30.9 Å². The van der Waals surface area contributed by atoms with Gasteiger partial charge in [0.2, 0.25) is 5.91 Å². The summed E-state index contributed by atoms with van der Waals surface area (Å²) in [5.74, 6) is -0.0839. The van der Waals surface area contributed by atoms with Crippen LogP contribution in [0.3, 0.4) is 0 Å². The first-order valence-corrected chi connectivity index (χ1v) is 10.3. The molecule has 0 aliphatic carbocycles. The number of aromatic nitrogens is 1. The van der Waals surface area contributed by atoms with Gasteiger partial charge in [0.05, 0.1) is 16.9 Å². The van der Waals surface area contributed by atoms with Gasteiger partial charge in [-0.05, 0) is 56.7 Å². The molecule has 3 rings (SSSR count). The van der Waals surface area contributed by atoms with Crippen LogP contribution in [0.15, 0.2) is 64.6 Å². The van der Waals surface area contributed by atoms with Crippen molar-refractivity contribution in [2.24, 2.45) is 5.10 Å². The van der Waals surface area contributed by atoms with Crippen LogP contribution in [-0.2, 0) is 4.79 Å². The normalized spacial score (nSPS) is 11.0. The number of carbonyl (C=O) groups excluding carboxylic acids is 1. The van der Waals surface area contributed by atoms with Gasteiger partial charge in [0.25, 0.3) is 5.69 Å². The molecule has 0 bridgehead atoms. The third kappa shape index (κ3) is 5.15. The predicted octanol–water partition coefficient (Wildman–Crippen LogP) is 4.55. The Morgan fingerprint density at radius 2 is 1.90 bits per heavy atom. The van der Waals surface area contributed by atoms with Gasteiger partial charge in [0.1, 0.15) is 0 Å². The second-order valence-corrected chi connectivity index (χ2v) is 7.88. The fourth-order valence-corrected chi connectivity index (χ4v) is 3.79. The number of hydrazone groups is 1. The Morgan fingerprint density at radius 3 is 2.57 bits per heavy atom. The van der Waals surface area contributed by atoms with Gasteiger partial charge in [-0.25, -0.2) is 5.43 Å².